The molecule has 0 aromatic carbocycles. The molecule has 0 aliphatic carbocycles. The Kier molecular flexibility index (Phi) is 5.53. The largest absolute Gasteiger partial charge is 0.378 e. The normalized spacial score (nSPS) is 19.8. The molecule has 4 heteroatoms. The lowest BCUT2D eigenvalue weighted by molar-refractivity contribution is -0.135. The van der Waals surface area contributed by atoms with Gasteiger partial charge in [-0.3, -0.25) is 9.78 Å². The summed E-state index contributed by atoms with van der Waals surface area (Å²) in [4.78, 5) is 18.6. The Hall–Kier alpha value is -1.42. The van der Waals surface area contributed by atoms with Gasteiger partial charge >= 0.3 is 0 Å². The molecule has 0 bridgehead atoms. The fourth-order valence-electron chi connectivity index (χ4n) is 2.91. The van der Waals surface area contributed by atoms with Crippen molar-refractivity contribution < 1.29 is 9.53 Å². The first-order chi connectivity index (χ1) is 9.76. The molecule has 0 spiro atoms. The van der Waals surface area contributed by atoms with Crippen molar-refractivity contribution in [1.29, 1.82) is 0 Å². The van der Waals surface area contributed by atoms with E-state index in [0.717, 1.165) is 38.0 Å². The van der Waals surface area contributed by atoms with E-state index >= 15 is 0 Å². The second-order valence-electron chi connectivity index (χ2n) is 5.22. The van der Waals surface area contributed by atoms with Crippen molar-refractivity contribution in [2.45, 2.75) is 51.7 Å². The van der Waals surface area contributed by atoms with Gasteiger partial charge in [0.15, 0.2) is 0 Å². The average molecular weight is 276 g/mol. The number of rotatable bonds is 6. The van der Waals surface area contributed by atoms with E-state index in [4.69, 9.17) is 4.74 Å². The van der Waals surface area contributed by atoms with Crippen LogP contribution >= 0.6 is 0 Å². The Balaban J connectivity index is 2.06. The van der Waals surface area contributed by atoms with Crippen molar-refractivity contribution in [3.05, 3.63) is 30.1 Å². The topological polar surface area (TPSA) is 42.4 Å². The summed E-state index contributed by atoms with van der Waals surface area (Å²) >= 11 is 0. The maximum absolute atomic E-state index is 12.5. The predicted molar refractivity (Wildman–Crippen MR) is 78.2 cm³/mol. The maximum atomic E-state index is 12.5. The van der Waals surface area contributed by atoms with Gasteiger partial charge in [0.2, 0.25) is 5.91 Å². The number of amides is 1. The number of hydrogen-bond acceptors (Lipinski definition) is 3. The number of aromatic nitrogens is 1. The van der Waals surface area contributed by atoms with Crippen molar-refractivity contribution in [3.8, 4) is 0 Å². The minimum atomic E-state index is 0.117. The van der Waals surface area contributed by atoms with Crippen LogP contribution in [-0.2, 0) is 9.53 Å². The first-order valence-corrected chi connectivity index (χ1v) is 7.57. The molecule has 0 saturated carbocycles. The zero-order valence-electron chi connectivity index (χ0n) is 12.4. The molecule has 1 amide bonds. The van der Waals surface area contributed by atoms with E-state index in [1.54, 1.807) is 12.4 Å². The lowest BCUT2D eigenvalue weighted by Gasteiger charge is -2.31. The summed E-state index contributed by atoms with van der Waals surface area (Å²) in [5.74, 6) is 0.197. The summed E-state index contributed by atoms with van der Waals surface area (Å²) in [5, 5.41) is 0. The number of nitrogens with zero attached hydrogens (tertiary/aromatic N) is 2. The van der Waals surface area contributed by atoms with Crippen LogP contribution in [0.15, 0.2) is 24.5 Å². The summed E-state index contributed by atoms with van der Waals surface area (Å²) in [7, 11) is 0. The number of ether oxygens (including phenoxy) is 1. The van der Waals surface area contributed by atoms with Crippen molar-refractivity contribution in [2.24, 2.45) is 0 Å². The van der Waals surface area contributed by atoms with Gasteiger partial charge in [-0.2, -0.15) is 0 Å². The molecule has 1 aromatic rings. The van der Waals surface area contributed by atoms with Crippen LogP contribution in [-0.4, -0.2) is 35.0 Å². The lowest BCUT2D eigenvalue weighted by atomic mass is 10.0. The van der Waals surface area contributed by atoms with Gasteiger partial charge in [-0.15, -0.1) is 0 Å². The molecule has 0 N–H and O–H groups in total. The highest BCUT2D eigenvalue weighted by molar-refractivity contribution is 5.77. The van der Waals surface area contributed by atoms with E-state index in [2.05, 4.69) is 11.9 Å². The first-order valence-electron chi connectivity index (χ1n) is 7.57. The second-order valence-corrected chi connectivity index (χ2v) is 5.22. The highest BCUT2D eigenvalue weighted by atomic mass is 16.5. The first kappa shape index (κ1) is 15.0. The van der Waals surface area contributed by atoms with Gasteiger partial charge in [0.05, 0.1) is 18.6 Å². The van der Waals surface area contributed by atoms with Gasteiger partial charge in [-0.1, -0.05) is 6.92 Å². The average Bonchev–Trinajstić information content (AvgIpc) is 2.98. The number of pyridine rings is 1. The van der Waals surface area contributed by atoms with Gasteiger partial charge < -0.3 is 9.64 Å². The van der Waals surface area contributed by atoms with Crippen molar-refractivity contribution >= 4 is 5.91 Å². The molecule has 1 aromatic heterocycles. The van der Waals surface area contributed by atoms with Crippen LogP contribution < -0.4 is 0 Å². The zero-order chi connectivity index (χ0) is 14.4. The van der Waals surface area contributed by atoms with Gasteiger partial charge in [0.25, 0.3) is 0 Å². The van der Waals surface area contributed by atoms with Crippen LogP contribution in [0, 0.1) is 0 Å². The minimum Gasteiger partial charge on any atom is -0.378 e. The Morgan fingerprint density at radius 1 is 1.45 bits per heavy atom. The summed E-state index contributed by atoms with van der Waals surface area (Å²) in [6.45, 7) is 5.68. The molecule has 0 radical (unpaired) electrons. The van der Waals surface area contributed by atoms with E-state index in [1.807, 2.05) is 24.0 Å². The molecule has 4 nitrogen and oxygen atoms in total. The van der Waals surface area contributed by atoms with E-state index in [1.165, 1.54) is 0 Å². The Labute approximate surface area is 121 Å². The van der Waals surface area contributed by atoms with Gasteiger partial charge in [0, 0.05) is 25.5 Å². The SMILES string of the molecule is CC[C@H](c1ccncc1)N(CC)C(=O)C[C@H]1CCCO1. The van der Waals surface area contributed by atoms with Gasteiger partial charge in [-0.05, 0) is 43.9 Å². The fourth-order valence-corrected chi connectivity index (χ4v) is 2.91. The van der Waals surface area contributed by atoms with Crippen LogP contribution in [0.25, 0.3) is 0 Å². The fraction of sp³-hybridized carbons (Fsp3) is 0.625. The molecule has 1 saturated heterocycles. The molecule has 1 fully saturated rings. The number of hydrogen-bond donors (Lipinski definition) is 0. The number of carbonyl (C=O) groups is 1. The third-order valence-corrected chi connectivity index (χ3v) is 3.94. The molecular weight excluding hydrogens is 252 g/mol. The molecular formula is C16H24N2O2. The smallest absolute Gasteiger partial charge is 0.225 e. The van der Waals surface area contributed by atoms with E-state index < -0.39 is 0 Å². The maximum Gasteiger partial charge on any atom is 0.225 e. The summed E-state index contributed by atoms with van der Waals surface area (Å²) < 4.78 is 5.58. The standard InChI is InChI=1S/C16H24N2O2/c1-3-15(13-7-9-17-10-8-13)18(4-2)16(19)12-14-6-5-11-20-14/h7-10,14-15H,3-6,11-12H2,1-2H3/t14-,15-/m1/s1. The summed E-state index contributed by atoms with van der Waals surface area (Å²) in [6, 6.07) is 4.13. The third kappa shape index (κ3) is 3.57. The Morgan fingerprint density at radius 2 is 2.20 bits per heavy atom. The monoisotopic (exact) mass is 276 g/mol. The lowest BCUT2D eigenvalue weighted by Crippen LogP contribution is -2.36. The van der Waals surface area contributed by atoms with Crippen molar-refractivity contribution in [3.63, 3.8) is 0 Å². The Morgan fingerprint density at radius 3 is 2.75 bits per heavy atom. The molecule has 2 atom stereocenters. The van der Waals surface area contributed by atoms with Crippen LogP contribution in [0.5, 0.6) is 0 Å². The molecule has 2 rings (SSSR count). The Bertz CT molecular complexity index is 416. The minimum absolute atomic E-state index is 0.117. The van der Waals surface area contributed by atoms with E-state index in [-0.39, 0.29) is 18.1 Å². The van der Waals surface area contributed by atoms with Crippen LogP contribution in [0.4, 0.5) is 0 Å². The highest BCUT2D eigenvalue weighted by Crippen LogP contribution is 2.26. The molecule has 2 heterocycles. The molecule has 110 valence electrons. The highest BCUT2D eigenvalue weighted by Gasteiger charge is 2.26. The summed E-state index contributed by atoms with van der Waals surface area (Å²) in [6.07, 6.45) is 7.20. The van der Waals surface area contributed by atoms with E-state index in [0.29, 0.717) is 6.42 Å². The van der Waals surface area contributed by atoms with Crippen molar-refractivity contribution in [1.82, 2.24) is 9.88 Å². The number of carbonyl (C=O) groups excluding carboxylic acids is 1. The second kappa shape index (κ2) is 7.39. The van der Waals surface area contributed by atoms with Crippen LogP contribution in [0.1, 0.15) is 51.1 Å². The molecule has 20 heavy (non-hydrogen) atoms. The molecule has 1 aliphatic heterocycles. The van der Waals surface area contributed by atoms with Gasteiger partial charge in [0.1, 0.15) is 0 Å². The molecule has 0 unspecified atom stereocenters. The quantitative estimate of drug-likeness (QED) is 0.802. The zero-order valence-corrected chi connectivity index (χ0v) is 12.4. The van der Waals surface area contributed by atoms with Crippen molar-refractivity contribution in [2.75, 3.05) is 13.2 Å². The van der Waals surface area contributed by atoms with E-state index in [9.17, 15) is 4.79 Å². The molecule has 1 aliphatic rings. The van der Waals surface area contributed by atoms with Crippen LogP contribution in [0.2, 0.25) is 0 Å². The van der Waals surface area contributed by atoms with Crippen LogP contribution in [0.3, 0.4) is 0 Å². The summed E-state index contributed by atoms with van der Waals surface area (Å²) in [5.41, 5.74) is 1.16. The van der Waals surface area contributed by atoms with Gasteiger partial charge in [-0.25, -0.2) is 0 Å². The third-order valence-electron chi connectivity index (χ3n) is 3.94. The predicted octanol–water partition coefficient (Wildman–Crippen LogP) is 2.95.